The number of benzene rings is 2. The summed E-state index contributed by atoms with van der Waals surface area (Å²) in [5.74, 6) is -0.290. The van der Waals surface area contributed by atoms with Gasteiger partial charge < -0.3 is 10.2 Å². The maximum Gasteiger partial charge on any atom is 0.242 e. The number of hydrogen-bond acceptors (Lipinski definition) is 2. The summed E-state index contributed by atoms with van der Waals surface area (Å²) >= 11 is 9.66. The van der Waals surface area contributed by atoms with E-state index >= 15 is 0 Å². The van der Waals surface area contributed by atoms with Gasteiger partial charge in [0.05, 0.1) is 6.42 Å². The smallest absolute Gasteiger partial charge is 0.242 e. The summed E-state index contributed by atoms with van der Waals surface area (Å²) in [5, 5.41) is 3.42. The number of carbonyl (C=O) groups is 2. The molecule has 0 fully saturated rings. The Bertz CT molecular complexity index is 797. The second kappa shape index (κ2) is 10.5. The fourth-order valence-electron chi connectivity index (χ4n) is 2.72. The molecule has 2 aromatic carbocycles. The second-order valence-electron chi connectivity index (χ2n) is 6.39. The Morgan fingerprint density at radius 1 is 1.19 bits per heavy atom. The van der Waals surface area contributed by atoms with E-state index in [-0.39, 0.29) is 18.2 Å². The van der Waals surface area contributed by atoms with Crippen molar-refractivity contribution in [3.63, 3.8) is 0 Å². The van der Waals surface area contributed by atoms with Gasteiger partial charge in [-0.3, -0.25) is 9.59 Å². The highest BCUT2D eigenvalue weighted by Crippen LogP contribution is 2.19. The lowest BCUT2D eigenvalue weighted by Gasteiger charge is -2.29. The minimum Gasteiger partial charge on any atom is -0.354 e. The van der Waals surface area contributed by atoms with Crippen LogP contribution in [0.1, 0.15) is 31.4 Å². The number of halogens is 2. The lowest BCUT2D eigenvalue weighted by molar-refractivity contribution is -0.140. The van der Waals surface area contributed by atoms with Crippen LogP contribution in [0.25, 0.3) is 0 Å². The van der Waals surface area contributed by atoms with E-state index in [0.29, 0.717) is 18.1 Å². The molecule has 0 aliphatic rings. The number of amides is 2. The van der Waals surface area contributed by atoms with Crippen LogP contribution in [0.2, 0.25) is 5.02 Å². The monoisotopic (exact) mass is 450 g/mol. The Morgan fingerprint density at radius 2 is 1.93 bits per heavy atom. The van der Waals surface area contributed by atoms with Gasteiger partial charge in [0, 0.05) is 22.6 Å². The Hall–Kier alpha value is -1.85. The van der Waals surface area contributed by atoms with Crippen LogP contribution in [0.5, 0.6) is 0 Å². The van der Waals surface area contributed by atoms with Crippen molar-refractivity contribution in [2.45, 2.75) is 39.3 Å². The van der Waals surface area contributed by atoms with Crippen molar-refractivity contribution >= 4 is 39.3 Å². The molecule has 2 amide bonds. The second-order valence-corrected chi connectivity index (χ2v) is 7.71. The predicted octanol–water partition coefficient (Wildman–Crippen LogP) is 4.59. The first-order valence-corrected chi connectivity index (χ1v) is 10.1. The van der Waals surface area contributed by atoms with E-state index in [9.17, 15) is 9.59 Å². The number of nitrogens with zero attached hydrogens (tertiary/aromatic N) is 1. The zero-order valence-corrected chi connectivity index (χ0v) is 17.9. The van der Waals surface area contributed by atoms with Gasteiger partial charge in [-0.05, 0) is 42.7 Å². The van der Waals surface area contributed by atoms with Crippen LogP contribution in [0.4, 0.5) is 0 Å². The van der Waals surface area contributed by atoms with Gasteiger partial charge in [-0.25, -0.2) is 0 Å². The third-order valence-electron chi connectivity index (χ3n) is 4.26. The zero-order valence-electron chi connectivity index (χ0n) is 15.5. The lowest BCUT2D eigenvalue weighted by atomic mass is 10.1. The first-order chi connectivity index (χ1) is 12.9. The molecule has 144 valence electrons. The van der Waals surface area contributed by atoms with Crippen LogP contribution < -0.4 is 5.32 Å². The SMILES string of the molecule is CCCNC(=O)[C@H](C)N(Cc1cccc(Br)c1)C(=O)Cc1ccccc1Cl. The number of hydrogen-bond donors (Lipinski definition) is 1. The Balaban J connectivity index is 2.23. The van der Waals surface area contributed by atoms with E-state index in [4.69, 9.17) is 11.6 Å². The van der Waals surface area contributed by atoms with E-state index < -0.39 is 6.04 Å². The van der Waals surface area contributed by atoms with E-state index in [1.54, 1.807) is 17.9 Å². The molecule has 0 unspecified atom stereocenters. The third-order valence-corrected chi connectivity index (χ3v) is 5.12. The van der Waals surface area contributed by atoms with E-state index in [2.05, 4.69) is 21.2 Å². The van der Waals surface area contributed by atoms with Crippen molar-refractivity contribution in [1.82, 2.24) is 10.2 Å². The van der Waals surface area contributed by atoms with Crippen LogP contribution in [0.3, 0.4) is 0 Å². The van der Waals surface area contributed by atoms with Gasteiger partial charge in [0.25, 0.3) is 0 Å². The highest BCUT2D eigenvalue weighted by Gasteiger charge is 2.26. The average molecular weight is 452 g/mol. The lowest BCUT2D eigenvalue weighted by Crippen LogP contribution is -2.48. The highest BCUT2D eigenvalue weighted by atomic mass is 79.9. The normalized spacial score (nSPS) is 11.7. The summed E-state index contributed by atoms with van der Waals surface area (Å²) in [6, 6.07) is 14.4. The van der Waals surface area contributed by atoms with Gasteiger partial charge in [-0.15, -0.1) is 0 Å². The fourth-order valence-corrected chi connectivity index (χ4v) is 3.37. The fraction of sp³-hybridized carbons (Fsp3) is 0.333. The molecular weight excluding hydrogens is 428 g/mol. The first kappa shape index (κ1) is 21.5. The van der Waals surface area contributed by atoms with Gasteiger partial charge in [0.15, 0.2) is 0 Å². The van der Waals surface area contributed by atoms with Crippen molar-refractivity contribution in [1.29, 1.82) is 0 Å². The third kappa shape index (κ3) is 6.36. The Labute approximate surface area is 174 Å². The standard InChI is InChI=1S/C21H24BrClN2O2/c1-3-11-24-21(27)15(2)25(14-16-7-6-9-18(22)12-16)20(26)13-17-8-4-5-10-19(17)23/h4-10,12,15H,3,11,13-14H2,1-2H3,(H,24,27)/t15-/m0/s1. The minimum absolute atomic E-state index is 0.137. The van der Waals surface area contributed by atoms with Gasteiger partial charge in [0.2, 0.25) is 11.8 Å². The summed E-state index contributed by atoms with van der Waals surface area (Å²) in [6.07, 6.45) is 0.997. The van der Waals surface area contributed by atoms with E-state index in [0.717, 1.165) is 22.0 Å². The van der Waals surface area contributed by atoms with Crippen LogP contribution in [-0.2, 0) is 22.6 Å². The molecule has 0 bridgehead atoms. The molecule has 1 atom stereocenters. The quantitative estimate of drug-likeness (QED) is 0.638. The van der Waals surface area contributed by atoms with Gasteiger partial charge >= 0.3 is 0 Å². The van der Waals surface area contributed by atoms with Gasteiger partial charge in [0.1, 0.15) is 6.04 Å². The van der Waals surface area contributed by atoms with Crippen molar-refractivity contribution < 1.29 is 9.59 Å². The van der Waals surface area contributed by atoms with Crippen LogP contribution in [0.15, 0.2) is 53.0 Å². The van der Waals surface area contributed by atoms with Crippen molar-refractivity contribution in [2.75, 3.05) is 6.54 Å². The topological polar surface area (TPSA) is 49.4 Å². The van der Waals surface area contributed by atoms with Crippen molar-refractivity contribution in [2.24, 2.45) is 0 Å². The summed E-state index contributed by atoms with van der Waals surface area (Å²) in [5.41, 5.74) is 1.71. The van der Waals surface area contributed by atoms with E-state index in [1.807, 2.05) is 49.4 Å². The van der Waals surface area contributed by atoms with Crippen molar-refractivity contribution in [3.8, 4) is 0 Å². The minimum atomic E-state index is -0.578. The molecule has 0 aliphatic heterocycles. The maximum absolute atomic E-state index is 13.0. The van der Waals surface area contributed by atoms with Gasteiger partial charge in [-0.2, -0.15) is 0 Å². The number of carbonyl (C=O) groups excluding carboxylic acids is 2. The molecule has 0 heterocycles. The Morgan fingerprint density at radius 3 is 2.59 bits per heavy atom. The number of nitrogens with one attached hydrogen (secondary N) is 1. The van der Waals surface area contributed by atoms with Crippen molar-refractivity contribution in [3.05, 3.63) is 69.2 Å². The van der Waals surface area contributed by atoms with E-state index in [1.165, 1.54) is 0 Å². The molecular formula is C21H24BrClN2O2. The molecule has 0 spiro atoms. The molecule has 27 heavy (non-hydrogen) atoms. The van der Waals surface area contributed by atoms with Crippen LogP contribution >= 0.6 is 27.5 Å². The molecule has 0 saturated carbocycles. The molecule has 0 radical (unpaired) electrons. The van der Waals surface area contributed by atoms with Crippen LogP contribution in [-0.4, -0.2) is 29.3 Å². The number of rotatable bonds is 8. The molecule has 2 rings (SSSR count). The Kier molecular flexibility index (Phi) is 8.32. The largest absolute Gasteiger partial charge is 0.354 e. The molecule has 0 saturated heterocycles. The molecule has 4 nitrogen and oxygen atoms in total. The van der Waals surface area contributed by atoms with Gasteiger partial charge in [-0.1, -0.05) is 64.8 Å². The average Bonchev–Trinajstić information content (AvgIpc) is 2.65. The summed E-state index contributed by atoms with van der Waals surface area (Å²) in [6.45, 7) is 4.69. The summed E-state index contributed by atoms with van der Waals surface area (Å²) in [7, 11) is 0. The molecule has 6 heteroatoms. The maximum atomic E-state index is 13.0. The molecule has 1 N–H and O–H groups in total. The summed E-state index contributed by atoms with van der Waals surface area (Å²) < 4.78 is 0.932. The predicted molar refractivity (Wildman–Crippen MR) is 113 cm³/mol. The van der Waals surface area contributed by atoms with Crippen LogP contribution in [0, 0.1) is 0 Å². The molecule has 0 aliphatic carbocycles. The summed E-state index contributed by atoms with van der Waals surface area (Å²) in [4.78, 5) is 27.1. The zero-order chi connectivity index (χ0) is 19.8. The molecule has 0 aromatic heterocycles. The highest BCUT2D eigenvalue weighted by molar-refractivity contribution is 9.10. The first-order valence-electron chi connectivity index (χ1n) is 8.97. The molecule has 2 aromatic rings.